The minimum absolute atomic E-state index is 0.0156. The van der Waals surface area contributed by atoms with Gasteiger partial charge in [0.1, 0.15) is 11.6 Å². The summed E-state index contributed by atoms with van der Waals surface area (Å²) in [4.78, 5) is 25.8. The number of rotatable bonds is 9. The first-order chi connectivity index (χ1) is 18.1. The Kier molecular flexibility index (Phi) is 8.40. The maximum absolute atomic E-state index is 13.3. The van der Waals surface area contributed by atoms with E-state index in [-0.39, 0.29) is 23.1 Å². The van der Waals surface area contributed by atoms with Gasteiger partial charge in [0.15, 0.2) is 6.61 Å². The number of ether oxygens (including phenoxy) is 2. The monoisotopic (exact) mass is 542 g/mol. The highest BCUT2D eigenvalue weighted by atomic mass is 32.2. The summed E-state index contributed by atoms with van der Waals surface area (Å²) in [7, 11) is -2.48. The molecule has 1 N–H and O–H groups in total. The average Bonchev–Trinajstić information content (AvgIpc) is 2.92. The fraction of sp³-hybridized carbons (Fsp3) is 0.259. The number of nitrogens with zero attached hydrogens (tertiary/aromatic N) is 2. The average molecular weight is 543 g/mol. The van der Waals surface area contributed by atoms with Crippen LogP contribution in [0, 0.1) is 5.82 Å². The molecule has 0 spiro atoms. The molecule has 0 radical (unpaired) electrons. The first kappa shape index (κ1) is 27.2. The zero-order valence-corrected chi connectivity index (χ0v) is 21.5. The molecule has 0 atom stereocenters. The molecule has 9 nitrogen and oxygen atoms in total. The molecule has 3 aromatic rings. The van der Waals surface area contributed by atoms with Crippen LogP contribution in [0.3, 0.4) is 0 Å². The predicted molar refractivity (Wildman–Crippen MR) is 137 cm³/mol. The molecule has 4 rings (SSSR count). The van der Waals surface area contributed by atoms with Crippen LogP contribution < -0.4 is 4.74 Å². The van der Waals surface area contributed by atoms with Crippen molar-refractivity contribution in [3.8, 4) is 16.9 Å². The maximum Gasteiger partial charge on any atom is 0.341 e. The van der Waals surface area contributed by atoms with E-state index in [1.54, 1.807) is 47.4 Å². The minimum Gasteiger partial charge on any atom is -0.481 e. The standard InChI is InChI=1S/C27H27FN2O7S/c1-29(38(34,35)23-8-6-22(28)7-9-23)17-19-5-10-25(37-18-26(31)32)24(15-19)20-3-2-4-21(16-20)27(33)30-11-13-36-14-12-30/h2-10,15-16H,11-14,17-18H2,1H3,(H,31,32). The van der Waals surface area contributed by atoms with Gasteiger partial charge >= 0.3 is 5.97 Å². The van der Waals surface area contributed by atoms with Crippen LogP contribution in [0.15, 0.2) is 71.6 Å². The number of morpholine rings is 1. The van der Waals surface area contributed by atoms with Gasteiger partial charge in [-0.15, -0.1) is 0 Å². The third-order valence-corrected chi connectivity index (χ3v) is 7.86. The highest BCUT2D eigenvalue weighted by Gasteiger charge is 2.23. The van der Waals surface area contributed by atoms with Gasteiger partial charge < -0.3 is 19.5 Å². The molecule has 0 aliphatic carbocycles. The Labute approximate surface area is 220 Å². The Morgan fingerprint density at radius 2 is 1.76 bits per heavy atom. The van der Waals surface area contributed by atoms with E-state index in [0.717, 1.165) is 16.4 Å². The molecular formula is C27H27FN2O7S. The summed E-state index contributed by atoms with van der Waals surface area (Å²) in [5.74, 6) is -1.57. The Bertz CT molecular complexity index is 1420. The number of carbonyl (C=O) groups is 2. The normalized spacial score (nSPS) is 13.9. The summed E-state index contributed by atoms with van der Waals surface area (Å²) >= 11 is 0. The summed E-state index contributed by atoms with van der Waals surface area (Å²) in [6, 6.07) is 16.4. The number of benzene rings is 3. The molecule has 1 aliphatic heterocycles. The number of carbonyl (C=O) groups excluding carboxylic acids is 1. The molecule has 1 aliphatic rings. The van der Waals surface area contributed by atoms with Crippen molar-refractivity contribution in [2.75, 3.05) is 40.0 Å². The highest BCUT2D eigenvalue weighted by Crippen LogP contribution is 2.33. The van der Waals surface area contributed by atoms with Crippen molar-refractivity contribution in [3.05, 3.63) is 83.7 Å². The van der Waals surface area contributed by atoms with Crippen LogP contribution in [0.4, 0.5) is 4.39 Å². The summed E-state index contributed by atoms with van der Waals surface area (Å²) < 4.78 is 51.2. The Balaban J connectivity index is 1.65. The van der Waals surface area contributed by atoms with Crippen molar-refractivity contribution in [1.82, 2.24) is 9.21 Å². The van der Waals surface area contributed by atoms with Crippen molar-refractivity contribution in [3.63, 3.8) is 0 Å². The summed E-state index contributed by atoms with van der Waals surface area (Å²) in [5, 5.41) is 9.10. The van der Waals surface area contributed by atoms with Crippen LogP contribution in [0.5, 0.6) is 5.75 Å². The highest BCUT2D eigenvalue weighted by molar-refractivity contribution is 7.89. The van der Waals surface area contributed by atoms with Crippen molar-refractivity contribution in [2.24, 2.45) is 0 Å². The third kappa shape index (κ3) is 6.36. The number of carboxylic acids is 1. The van der Waals surface area contributed by atoms with E-state index in [4.69, 9.17) is 14.6 Å². The fourth-order valence-corrected chi connectivity index (χ4v) is 5.22. The van der Waals surface area contributed by atoms with Gasteiger partial charge in [-0.05, 0) is 59.7 Å². The largest absolute Gasteiger partial charge is 0.481 e. The van der Waals surface area contributed by atoms with Gasteiger partial charge in [0, 0.05) is 37.8 Å². The first-order valence-corrected chi connectivity index (χ1v) is 13.3. The molecule has 38 heavy (non-hydrogen) atoms. The topological polar surface area (TPSA) is 113 Å². The van der Waals surface area contributed by atoms with Gasteiger partial charge in [-0.25, -0.2) is 17.6 Å². The minimum atomic E-state index is -3.90. The molecule has 0 unspecified atom stereocenters. The zero-order valence-electron chi connectivity index (χ0n) is 20.7. The van der Waals surface area contributed by atoms with Crippen molar-refractivity contribution < 1.29 is 37.0 Å². The van der Waals surface area contributed by atoms with E-state index in [2.05, 4.69) is 0 Å². The Morgan fingerprint density at radius 1 is 1.05 bits per heavy atom. The van der Waals surface area contributed by atoms with E-state index in [1.165, 1.54) is 19.2 Å². The van der Waals surface area contributed by atoms with Crippen LogP contribution in [0.25, 0.3) is 11.1 Å². The second-order valence-corrected chi connectivity index (χ2v) is 10.8. The van der Waals surface area contributed by atoms with Crippen LogP contribution in [-0.4, -0.2) is 74.6 Å². The van der Waals surface area contributed by atoms with Gasteiger partial charge in [-0.3, -0.25) is 4.79 Å². The Morgan fingerprint density at radius 3 is 2.45 bits per heavy atom. The molecule has 0 bridgehead atoms. The first-order valence-electron chi connectivity index (χ1n) is 11.8. The van der Waals surface area contributed by atoms with Crippen molar-refractivity contribution in [2.45, 2.75) is 11.4 Å². The third-order valence-electron chi connectivity index (χ3n) is 6.04. The SMILES string of the molecule is CN(Cc1ccc(OCC(=O)O)c(-c2cccc(C(=O)N3CCOCC3)c2)c1)S(=O)(=O)c1ccc(F)cc1. The molecule has 0 aromatic heterocycles. The van der Waals surface area contributed by atoms with Gasteiger partial charge in [0.25, 0.3) is 5.91 Å². The molecule has 200 valence electrons. The number of sulfonamides is 1. The number of amides is 1. The van der Waals surface area contributed by atoms with Gasteiger partial charge in [0.05, 0.1) is 18.1 Å². The predicted octanol–water partition coefficient (Wildman–Crippen LogP) is 3.25. The summed E-state index contributed by atoms with van der Waals surface area (Å²) in [5.41, 5.74) is 2.17. The van der Waals surface area contributed by atoms with E-state index < -0.39 is 28.4 Å². The lowest BCUT2D eigenvalue weighted by Crippen LogP contribution is -2.40. The van der Waals surface area contributed by atoms with E-state index in [0.29, 0.717) is 48.6 Å². The lowest BCUT2D eigenvalue weighted by Gasteiger charge is -2.27. The van der Waals surface area contributed by atoms with Crippen molar-refractivity contribution >= 4 is 21.9 Å². The van der Waals surface area contributed by atoms with Crippen molar-refractivity contribution in [1.29, 1.82) is 0 Å². The summed E-state index contributed by atoms with van der Waals surface area (Å²) in [6.07, 6.45) is 0. The van der Waals surface area contributed by atoms with Crippen LogP contribution in [0.1, 0.15) is 15.9 Å². The molecule has 1 saturated heterocycles. The van der Waals surface area contributed by atoms with Gasteiger partial charge in [-0.1, -0.05) is 18.2 Å². The molecule has 1 heterocycles. The molecule has 3 aromatic carbocycles. The van der Waals surface area contributed by atoms with Crippen LogP contribution >= 0.6 is 0 Å². The lowest BCUT2D eigenvalue weighted by molar-refractivity contribution is -0.139. The van der Waals surface area contributed by atoms with Crippen LogP contribution in [0.2, 0.25) is 0 Å². The molecule has 11 heteroatoms. The number of hydrogen-bond acceptors (Lipinski definition) is 6. The lowest BCUT2D eigenvalue weighted by atomic mass is 9.99. The molecule has 1 fully saturated rings. The summed E-state index contributed by atoms with van der Waals surface area (Å²) in [6.45, 7) is 1.32. The quantitative estimate of drug-likeness (QED) is 0.442. The number of carboxylic acid groups (broad SMARTS) is 1. The smallest absolute Gasteiger partial charge is 0.341 e. The fourth-order valence-electron chi connectivity index (χ4n) is 4.06. The van der Waals surface area contributed by atoms with Gasteiger partial charge in [-0.2, -0.15) is 4.31 Å². The van der Waals surface area contributed by atoms with E-state index in [1.807, 2.05) is 0 Å². The molecular weight excluding hydrogens is 515 g/mol. The van der Waals surface area contributed by atoms with E-state index >= 15 is 0 Å². The maximum atomic E-state index is 13.3. The molecule has 1 amide bonds. The number of hydrogen-bond donors (Lipinski definition) is 1. The Hall–Kier alpha value is -3.80. The molecule has 0 saturated carbocycles. The second-order valence-electron chi connectivity index (χ2n) is 8.71. The van der Waals surface area contributed by atoms with Crippen LogP contribution in [-0.2, 0) is 26.1 Å². The zero-order chi connectivity index (χ0) is 27.3. The number of halogens is 1. The van der Waals surface area contributed by atoms with E-state index in [9.17, 15) is 22.4 Å². The second kappa shape index (κ2) is 11.7. The number of aliphatic carboxylic acids is 1. The van der Waals surface area contributed by atoms with Gasteiger partial charge in [0.2, 0.25) is 10.0 Å².